The zero-order valence-corrected chi connectivity index (χ0v) is 16.2. The molecule has 1 N–H and O–H groups in total. The van der Waals surface area contributed by atoms with Gasteiger partial charge in [0.05, 0.1) is 0 Å². The Morgan fingerprint density at radius 2 is 2.08 bits per heavy atom. The maximum atomic E-state index is 11.7. The molecule has 0 aromatic carbocycles. The molecule has 1 amide bonds. The quantitative estimate of drug-likeness (QED) is 0.495. The van der Waals surface area contributed by atoms with Crippen molar-refractivity contribution in [1.29, 1.82) is 0 Å². The zero-order valence-electron chi connectivity index (χ0n) is 14.6. The summed E-state index contributed by atoms with van der Waals surface area (Å²) in [5, 5.41) is 4.02. The van der Waals surface area contributed by atoms with Crippen LogP contribution in [0.1, 0.15) is 33.6 Å². The van der Waals surface area contributed by atoms with Gasteiger partial charge < -0.3 is 15.0 Å². The lowest BCUT2D eigenvalue weighted by atomic mass is 9.97. The molecule has 2 rings (SSSR count). The van der Waals surface area contributed by atoms with Crippen LogP contribution in [0, 0.1) is 5.92 Å². The van der Waals surface area contributed by atoms with Gasteiger partial charge in [-0.25, -0.2) is 14.8 Å². The van der Waals surface area contributed by atoms with E-state index in [1.165, 1.54) is 11.8 Å². The molecule has 1 aliphatic rings. The summed E-state index contributed by atoms with van der Waals surface area (Å²) in [6.45, 7) is 8.01. The number of carbonyl (C=O) groups excluding carboxylic acids is 1. The van der Waals surface area contributed by atoms with Crippen LogP contribution in [-0.4, -0.2) is 47.6 Å². The summed E-state index contributed by atoms with van der Waals surface area (Å²) < 4.78 is 5.26. The molecule has 0 atom stereocenters. The Bertz CT molecular complexity index is 572. The third-order valence-corrected chi connectivity index (χ3v) is 4.46. The molecule has 134 valence electrons. The molecule has 0 aliphatic carbocycles. The second-order valence-corrected chi connectivity index (χ2v) is 8.01. The molecule has 0 spiro atoms. The van der Waals surface area contributed by atoms with E-state index < -0.39 is 5.60 Å². The fraction of sp³-hybridized carbons (Fsp3) is 0.688. The van der Waals surface area contributed by atoms with Crippen LogP contribution in [0.15, 0.2) is 11.2 Å². The molecule has 1 aromatic heterocycles. The molecule has 0 unspecified atom stereocenters. The van der Waals surface area contributed by atoms with Crippen molar-refractivity contribution in [2.24, 2.45) is 5.92 Å². The van der Waals surface area contributed by atoms with Gasteiger partial charge in [0.25, 0.3) is 0 Å². The van der Waals surface area contributed by atoms with Gasteiger partial charge in [0.1, 0.15) is 16.6 Å². The molecule has 24 heavy (non-hydrogen) atoms. The van der Waals surface area contributed by atoms with Crippen LogP contribution in [-0.2, 0) is 4.74 Å². The third kappa shape index (κ3) is 6.02. The van der Waals surface area contributed by atoms with Gasteiger partial charge in [-0.1, -0.05) is 23.4 Å². The molecule has 2 heterocycles. The molecule has 0 radical (unpaired) electrons. The first-order chi connectivity index (χ1) is 11.3. The number of alkyl carbamates (subject to hydrolysis) is 1. The fourth-order valence-electron chi connectivity index (χ4n) is 2.55. The number of piperidine rings is 1. The number of rotatable bonds is 4. The number of hydrogen-bond donors (Lipinski definition) is 1. The number of nitrogens with zero attached hydrogens (tertiary/aromatic N) is 3. The average Bonchev–Trinajstić information content (AvgIpc) is 2.51. The van der Waals surface area contributed by atoms with Crippen LogP contribution >= 0.6 is 23.4 Å². The van der Waals surface area contributed by atoms with E-state index in [1.807, 2.05) is 27.0 Å². The second kappa shape index (κ2) is 8.25. The number of nitrogens with one attached hydrogen (secondary N) is 1. The van der Waals surface area contributed by atoms with Crippen LogP contribution in [0.25, 0.3) is 0 Å². The van der Waals surface area contributed by atoms with E-state index in [0.29, 0.717) is 22.8 Å². The maximum absolute atomic E-state index is 11.7. The molecular formula is C16H25ClN4O2S. The van der Waals surface area contributed by atoms with E-state index in [1.54, 1.807) is 6.07 Å². The predicted molar refractivity (Wildman–Crippen MR) is 98.0 cm³/mol. The molecule has 1 aliphatic heterocycles. The van der Waals surface area contributed by atoms with Crippen LogP contribution in [0.4, 0.5) is 10.6 Å². The van der Waals surface area contributed by atoms with Gasteiger partial charge in [-0.05, 0) is 45.8 Å². The standard InChI is InChI=1S/C16H25ClN4O2S/c1-16(2,3)23-15(22)18-10-11-5-7-21(8-6-11)13-9-12(17)19-14(20-13)24-4/h9,11H,5-8,10H2,1-4H3,(H,18,22). The second-order valence-electron chi connectivity index (χ2n) is 6.85. The molecule has 8 heteroatoms. The molecule has 1 aromatic rings. The van der Waals surface area contributed by atoms with Crippen LogP contribution in [0.5, 0.6) is 0 Å². The molecule has 6 nitrogen and oxygen atoms in total. The fourth-order valence-corrected chi connectivity index (χ4v) is 3.15. The van der Waals surface area contributed by atoms with Gasteiger partial charge in [-0.2, -0.15) is 0 Å². The molecule has 1 fully saturated rings. The number of ether oxygens (including phenoxy) is 1. The summed E-state index contributed by atoms with van der Waals surface area (Å²) in [5.41, 5.74) is -0.464. The highest BCUT2D eigenvalue weighted by Crippen LogP contribution is 2.25. The van der Waals surface area contributed by atoms with Gasteiger partial charge in [-0.15, -0.1) is 0 Å². The van der Waals surface area contributed by atoms with Gasteiger partial charge in [0.2, 0.25) is 0 Å². The first-order valence-corrected chi connectivity index (χ1v) is 9.67. The summed E-state index contributed by atoms with van der Waals surface area (Å²) in [7, 11) is 0. The van der Waals surface area contributed by atoms with Crippen molar-refractivity contribution in [3.8, 4) is 0 Å². The Hall–Kier alpha value is -1.21. The topological polar surface area (TPSA) is 67.4 Å². The minimum atomic E-state index is -0.464. The normalized spacial score (nSPS) is 16.1. The van der Waals surface area contributed by atoms with Crippen LogP contribution < -0.4 is 10.2 Å². The number of amides is 1. The highest BCUT2D eigenvalue weighted by Gasteiger charge is 2.22. The van der Waals surface area contributed by atoms with E-state index in [9.17, 15) is 4.79 Å². The van der Waals surface area contributed by atoms with Crippen molar-refractivity contribution >= 4 is 35.3 Å². The zero-order chi connectivity index (χ0) is 17.7. The summed E-state index contributed by atoms with van der Waals surface area (Å²) in [5.74, 6) is 1.32. The highest BCUT2D eigenvalue weighted by molar-refractivity contribution is 7.98. The Morgan fingerprint density at radius 3 is 2.67 bits per heavy atom. The Balaban J connectivity index is 1.81. The van der Waals surface area contributed by atoms with Gasteiger partial charge in [-0.3, -0.25) is 0 Å². The minimum absolute atomic E-state index is 0.350. The summed E-state index contributed by atoms with van der Waals surface area (Å²) in [6.07, 6.45) is 3.57. The molecule has 0 saturated carbocycles. The summed E-state index contributed by atoms with van der Waals surface area (Å²) in [4.78, 5) is 22.6. The number of carbonyl (C=O) groups is 1. The first kappa shape index (κ1) is 19.1. The molecule has 0 bridgehead atoms. The van der Waals surface area contributed by atoms with Gasteiger partial charge in [0.15, 0.2) is 5.16 Å². The largest absolute Gasteiger partial charge is 0.444 e. The lowest BCUT2D eigenvalue weighted by molar-refractivity contribution is 0.0517. The van der Waals surface area contributed by atoms with E-state index in [0.717, 1.165) is 31.7 Å². The van der Waals surface area contributed by atoms with Crippen molar-refractivity contribution in [3.05, 3.63) is 11.2 Å². The summed E-state index contributed by atoms with van der Waals surface area (Å²) >= 11 is 7.54. The number of thioether (sulfide) groups is 1. The Labute approximate surface area is 152 Å². The van der Waals surface area contributed by atoms with E-state index in [2.05, 4.69) is 20.2 Å². The smallest absolute Gasteiger partial charge is 0.407 e. The maximum Gasteiger partial charge on any atom is 0.407 e. The Kier molecular flexibility index (Phi) is 6.57. The van der Waals surface area contributed by atoms with Crippen molar-refractivity contribution in [3.63, 3.8) is 0 Å². The number of anilines is 1. The van der Waals surface area contributed by atoms with Crippen LogP contribution in [0.3, 0.4) is 0 Å². The van der Waals surface area contributed by atoms with Crippen molar-refractivity contribution in [2.45, 2.75) is 44.4 Å². The van der Waals surface area contributed by atoms with Crippen LogP contribution in [0.2, 0.25) is 5.15 Å². The summed E-state index contributed by atoms with van der Waals surface area (Å²) in [6, 6.07) is 1.81. The average molecular weight is 373 g/mol. The minimum Gasteiger partial charge on any atom is -0.444 e. The third-order valence-electron chi connectivity index (χ3n) is 3.72. The number of hydrogen-bond acceptors (Lipinski definition) is 6. The van der Waals surface area contributed by atoms with Gasteiger partial charge >= 0.3 is 6.09 Å². The lowest BCUT2D eigenvalue weighted by Gasteiger charge is -2.33. The van der Waals surface area contributed by atoms with Gasteiger partial charge in [0, 0.05) is 25.7 Å². The van der Waals surface area contributed by atoms with E-state index >= 15 is 0 Å². The monoisotopic (exact) mass is 372 g/mol. The first-order valence-electron chi connectivity index (χ1n) is 8.07. The highest BCUT2D eigenvalue weighted by atomic mass is 35.5. The van der Waals surface area contributed by atoms with E-state index in [-0.39, 0.29) is 6.09 Å². The van der Waals surface area contributed by atoms with Crippen molar-refractivity contribution in [1.82, 2.24) is 15.3 Å². The number of aromatic nitrogens is 2. The van der Waals surface area contributed by atoms with E-state index in [4.69, 9.17) is 16.3 Å². The molecule has 1 saturated heterocycles. The Morgan fingerprint density at radius 1 is 1.42 bits per heavy atom. The lowest BCUT2D eigenvalue weighted by Crippen LogP contribution is -2.40. The van der Waals surface area contributed by atoms with Crippen molar-refractivity contribution in [2.75, 3.05) is 30.8 Å². The van der Waals surface area contributed by atoms with Crippen molar-refractivity contribution < 1.29 is 9.53 Å². The molecular weight excluding hydrogens is 348 g/mol. The predicted octanol–water partition coefficient (Wildman–Crippen LogP) is 3.59. The number of halogens is 1. The SMILES string of the molecule is CSc1nc(Cl)cc(N2CCC(CNC(=O)OC(C)(C)C)CC2)n1.